The van der Waals surface area contributed by atoms with Crippen molar-refractivity contribution in [3.63, 3.8) is 0 Å². The fourth-order valence-electron chi connectivity index (χ4n) is 3.08. The van der Waals surface area contributed by atoms with Crippen molar-refractivity contribution in [2.24, 2.45) is 4.40 Å². The van der Waals surface area contributed by atoms with Crippen molar-refractivity contribution in [3.8, 4) is 0 Å². The van der Waals surface area contributed by atoms with Crippen LogP contribution in [0, 0.1) is 0 Å². The van der Waals surface area contributed by atoms with E-state index in [4.69, 9.17) is 0 Å². The van der Waals surface area contributed by atoms with Crippen molar-refractivity contribution in [1.29, 1.82) is 0 Å². The second-order valence-corrected chi connectivity index (χ2v) is 9.31. The highest BCUT2D eigenvalue weighted by molar-refractivity contribution is 9.10. The van der Waals surface area contributed by atoms with Crippen molar-refractivity contribution in [3.05, 3.63) is 58.2 Å². The van der Waals surface area contributed by atoms with Crippen molar-refractivity contribution in [2.45, 2.75) is 25.4 Å². The van der Waals surface area contributed by atoms with Crippen LogP contribution in [0.5, 0.6) is 0 Å². The number of nitrogens with zero attached hydrogens (tertiary/aromatic N) is 3. The molecule has 26 heavy (non-hydrogen) atoms. The Balaban J connectivity index is 1.56. The molecule has 1 aromatic rings. The Kier molecular flexibility index (Phi) is 4.48. The number of halogens is 1. The van der Waals surface area contributed by atoms with Crippen LogP contribution in [0.25, 0.3) is 0 Å². The zero-order chi connectivity index (χ0) is 18.3. The number of amidine groups is 1. The van der Waals surface area contributed by atoms with Crippen molar-refractivity contribution >= 4 is 37.7 Å². The molecule has 0 radical (unpaired) electrons. The summed E-state index contributed by atoms with van der Waals surface area (Å²) in [5.41, 5.74) is 1.64. The molecule has 0 aromatic heterocycles. The Morgan fingerprint density at radius 1 is 1.31 bits per heavy atom. The number of hydrogen-bond donors (Lipinski definition) is 0. The predicted molar refractivity (Wildman–Crippen MR) is 103 cm³/mol. The maximum Gasteiger partial charge on any atom is 0.256 e. The van der Waals surface area contributed by atoms with Gasteiger partial charge in [-0.1, -0.05) is 28.1 Å². The van der Waals surface area contributed by atoms with Gasteiger partial charge in [-0.25, -0.2) is 8.42 Å². The smallest absolute Gasteiger partial charge is 0.256 e. The molecule has 0 N–H and O–H groups in total. The number of sulfonamides is 1. The number of fused-ring (bicyclic) bond motifs is 1. The van der Waals surface area contributed by atoms with Gasteiger partial charge in [0.25, 0.3) is 15.9 Å². The van der Waals surface area contributed by atoms with Crippen LogP contribution in [0.3, 0.4) is 0 Å². The quantitative estimate of drug-likeness (QED) is 0.727. The molecule has 1 amide bonds. The zero-order valence-electron chi connectivity index (χ0n) is 14.0. The average molecular weight is 436 g/mol. The zero-order valence-corrected chi connectivity index (χ0v) is 16.4. The second kappa shape index (κ2) is 6.66. The van der Waals surface area contributed by atoms with E-state index in [0.29, 0.717) is 24.5 Å². The van der Waals surface area contributed by atoms with Gasteiger partial charge in [-0.3, -0.25) is 4.79 Å². The van der Waals surface area contributed by atoms with Gasteiger partial charge in [0.05, 0.1) is 11.3 Å². The van der Waals surface area contributed by atoms with Crippen LogP contribution in [0.4, 0.5) is 0 Å². The van der Waals surface area contributed by atoms with Gasteiger partial charge in [0.1, 0.15) is 5.84 Å². The van der Waals surface area contributed by atoms with Gasteiger partial charge in [-0.15, -0.1) is 4.40 Å². The van der Waals surface area contributed by atoms with Gasteiger partial charge < -0.3 is 9.80 Å². The van der Waals surface area contributed by atoms with Gasteiger partial charge in [-0.05, 0) is 42.7 Å². The monoisotopic (exact) mass is 435 g/mol. The number of hydrogen-bond acceptors (Lipinski definition) is 4. The Morgan fingerprint density at radius 3 is 2.85 bits per heavy atom. The van der Waals surface area contributed by atoms with Gasteiger partial charge in [0, 0.05) is 29.8 Å². The maximum atomic E-state index is 13.1. The summed E-state index contributed by atoms with van der Waals surface area (Å²) in [5.74, 6) is 0.307. The van der Waals surface area contributed by atoms with E-state index >= 15 is 0 Å². The lowest BCUT2D eigenvalue weighted by Crippen LogP contribution is -2.39. The van der Waals surface area contributed by atoms with Crippen LogP contribution in [0.2, 0.25) is 0 Å². The molecule has 2 aliphatic heterocycles. The third-order valence-corrected chi connectivity index (χ3v) is 6.22. The SMILES string of the molecule is O=C(C1=CN2CCS(=O)(=O)N=C2C=C1)N(Cc1cccc(Br)c1)C1CC1. The van der Waals surface area contributed by atoms with E-state index in [1.807, 2.05) is 29.2 Å². The maximum absolute atomic E-state index is 13.1. The molecule has 6 nitrogen and oxygen atoms in total. The van der Waals surface area contributed by atoms with Gasteiger partial charge in [0.2, 0.25) is 0 Å². The molecule has 0 bridgehead atoms. The Bertz CT molecular complexity index is 948. The highest BCUT2D eigenvalue weighted by Gasteiger charge is 2.34. The molecule has 2 heterocycles. The first-order chi connectivity index (χ1) is 12.4. The largest absolute Gasteiger partial charge is 0.331 e. The number of carbonyl (C=O) groups excluding carboxylic acids is 1. The molecule has 1 fully saturated rings. The lowest BCUT2D eigenvalue weighted by Gasteiger charge is -2.29. The van der Waals surface area contributed by atoms with Crippen molar-refractivity contribution in [1.82, 2.24) is 9.80 Å². The van der Waals surface area contributed by atoms with Crippen LogP contribution in [0.1, 0.15) is 18.4 Å². The third kappa shape index (κ3) is 3.76. The summed E-state index contributed by atoms with van der Waals surface area (Å²) < 4.78 is 28.0. The normalized spacial score (nSPS) is 20.9. The van der Waals surface area contributed by atoms with Crippen LogP contribution in [-0.4, -0.2) is 48.3 Å². The fraction of sp³-hybridized carbons (Fsp3) is 0.333. The number of amides is 1. The summed E-state index contributed by atoms with van der Waals surface area (Å²) in [6.45, 7) is 0.876. The van der Waals surface area contributed by atoms with Crippen LogP contribution >= 0.6 is 15.9 Å². The minimum atomic E-state index is -3.39. The Labute approximate surface area is 161 Å². The van der Waals surface area contributed by atoms with Gasteiger partial charge in [0.15, 0.2) is 0 Å². The lowest BCUT2D eigenvalue weighted by molar-refractivity contribution is -0.128. The molecule has 0 spiro atoms. The minimum absolute atomic E-state index is 0.0313. The molecule has 0 atom stereocenters. The summed E-state index contributed by atoms with van der Waals surface area (Å²) >= 11 is 3.47. The molecule has 1 saturated carbocycles. The van der Waals surface area contributed by atoms with Crippen LogP contribution in [-0.2, 0) is 21.4 Å². The summed E-state index contributed by atoms with van der Waals surface area (Å²) in [6, 6.07) is 8.23. The second-order valence-electron chi connectivity index (χ2n) is 6.64. The third-order valence-electron chi connectivity index (χ3n) is 4.56. The molecule has 8 heteroatoms. The molecule has 4 rings (SSSR count). The average Bonchev–Trinajstić information content (AvgIpc) is 3.43. The standard InChI is InChI=1S/C18H18BrN3O3S/c19-15-3-1-2-13(10-15)11-22(16-5-6-16)18(23)14-4-7-17-20-26(24,25)9-8-21(17)12-14/h1-4,7,10,12,16H,5-6,8-9,11H2. The summed E-state index contributed by atoms with van der Waals surface area (Å²) in [4.78, 5) is 16.7. The Morgan fingerprint density at radius 2 is 2.12 bits per heavy atom. The topological polar surface area (TPSA) is 70.0 Å². The van der Waals surface area contributed by atoms with E-state index in [-0.39, 0.29) is 17.7 Å². The fourth-order valence-corrected chi connectivity index (χ4v) is 4.49. The lowest BCUT2D eigenvalue weighted by atomic mass is 10.1. The molecular weight excluding hydrogens is 418 g/mol. The summed E-state index contributed by atoms with van der Waals surface area (Å²) in [5, 5.41) is 0. The van der Waals surface area contributed by atoms with Crippen molar-refractivity contribution < 1.29 is 13.2 Å². The van der Waals surface area contributed by atoms with Crippen LogP contribution in [0.15, 0.2) is 57.1 Å². The van der Waals surface area contributed by atoms with Crippen LogP contribution < -0.4 is 0 Å². The molecule has 1 aliphatic carbocycles. The molecule has 0 unspecified atom stereocenters. The van der Waals surface area contributed by atoms with Gasteiger partial charge in [-0.2, -0.15) is 0 Å². The molecule has 136 valence electrons. The summed E-state index contributed by atoms with van der Waals surface area (Å²) in [7, 11) is -3.39. The summed E-state index contributed by atoms with van der Waals surface area (Å²) in [6.07, 6.45) is 7.02. The van der Waals surface area contributed by atoms with E-state index in [2.05, 4.69) is 20.3 Å². The molecule has 0 saturated heterocycles. The number of rotatable bonds is 4. The first kappa shape index (κ1) is 17.5. The molecule has 1 aromatic carbocycles. The molecular formula is C18H18BrN3O3S. The van der Waals surface area contributed by atoms with E-state index in [0.717, 1.165) is 22.9 Å². The van der Waals surface area contributed by atoms with E-state index in [9.17, 15) is 13.2 Å². The van der Waals surface area contributed by atoms with E-state index < -0.39 is 10.0 Å². The van der Waals surface area contributed by atoms with E-state index in [1.165, 1.54) is 0 Å². The first-order valence-electron chi connectivity index (χ1n) is 8.46. The Hall–Kier alpha value is -1.93. The first-order valence-corrected chi connectivity index (χ1v) is 10.9. The minimum Gasteiger partial charge on any atom is -0.331 e. The highest BCUT2D eigenvalue weighted by Crippen LogP contribution is 2.31. The molecule has 3 aliphatic rings. The number of benzene rings is 1. The highest BCUT2D eigenvalue weighted by atomic mass is 79.9. The van der Waals surface area contributed by atoms with E-state index in [1.54, 1.807) is 23.3 Å². The van der Waals surface area contributed by atoms with Gasteiger partial charge >= 0.3 is 0 Å². The predicted octanol–water partition coefficient (Wildman–Crippen LogP) is 2.44. The number of carbonyl (C=O) groups is 1. The van der Waals surface area contributed by atoms with Crippen molar-refractivity contribution in [2.75, 3.05) is 12.3 Å².